The second kappa shape index (κ2) is 4.93. The van der Waals surface area contributed by atoms with Gasteiger partial charge in [-0.05, 0) is 13.0 Å². The number of benzene rings is 1. The van der Waals surface area contributed by atoms with Crippen LogP contribution in [0.5, 0.6) is 0 Å². The summed E-state index contributed by atoms with van der Waals surface area (Å²) in [5.41, 5.74) is 5.90. The Bertz CT molecular complexity index is 612. The number of halogens is 3. The fraction of sp³-hybridized carbons (Fsp3) is 0.0833. The maximum absolute atomic E-state index is 13.0. The van der Waals surface area contributed by atoms with Crippen molar-refractivity contribution in [3.8, 4) is 0 Å². The Morgan fingerprint density at radius 1 is 1.21 bits per heavy atom. The smallest absolute Gasteiger partial charge is 0.265 e. The molecule has 3 nitrogen and oxygen atoms in total. The molecule has 0 bridgehead atoms. The van der Waals surface area contributed by atoms with Crippen LogP contribution in [0.1, 0.15) is 14.5 Å². The molecule has 0 atom stereocenters. The van der Waals surface area contributed by atoms with Crippen LogP contribution in [-0.2, 0) is 0 Å². The fourth-order valence-corrected chi connectivity index (χ4v) is 2.26. The Hall–Kier alpha value is -2.02. The summed E-state index contributed by atoms with van der Waals surface area (Å²) < 4.78 is 38.7. The molecule has 100 valence electrons. The zero-order valence-electron chi connectivity index (χ0n) is 9.76. The minimum absolute atomic E-state index is 0.161. The van der Waals surface area contributed by atoms with Crippen LogP contribution in [0.15, 0.2) is 18.2 Å². The van der Waals surface area contributed by atoms with Crippen LogP contribution in [0.25, 0.3) is 0 Å². The van der Waals surface area contributed by atoms with Gasteiger partial charge in [-0.2, -0.15) is 0 Å². The van der Waals surface area contributed by atoms with Gasteiger partial charge in [-0.1, -0.05) is 0 Å². The number of hydrogen-bond acceptors (Lipinski definition) is 3. The molecule has 0 radical (unpaired) electrons. The number of nitrogens with two attached hydrogens (primary N) is 1. The molecule has 0 aliphatic rings. The summed E-state index contributed by atoms with van der Waals surface area (Å²) in [6, 6.07) is 2.88. The molecule has 1 aromatic heterocycles. The van der Waals surface area contributed by atoms with E-state index < -0.39 is 23.4 Å². The number of nitrogen functional groups attached to an aromatic ring is 1. The number of carbonyl (C=O) groups excluding carboxylic acids is 1. The number of aryl methyl sites for hydroxylation is 1. The first kappa shape index (κ1) is 13.4. The topological polar surface area (TPSA) is 55.1 Å². The number of anilines is 2. The van der Waals surface area contributed by atoms with Crippen LogP contribution in [0.3, 0.4) is 0 Å². The maximum Gasteiger partial charge on any atom is 0.265 e. The van der Waals surface area contributed by atoms with E-state index in [9.17, 15) is 18.0 Å². The molecule has 0 spiro atoms. The predicted molar refractivity (Wildman–Crippen MR) is 67.7 cm³/mol. The van der Waals surface area contributed by atoms with E-state index in [0.717, 1.165) is 16.2 Å². The maximum atomic E-state index is 13.0. The second-order valence-electron chi connectivity index (χ2n) is 3.83. The van der Waals surface area contributed by atoms with Crippen LogP contribution >= 0.6 is 11.3 Å². The van der Waals surface area contributed by atoms with Crippen LogP contribution in [-0.4, -0.2) is 5.91 Å². The molecule has 1 aromatic carbocycles. The highest BCUT2D eigenvalue weighted by Gasteiger charge is 2.15. The van der Waals surface area contributed by atoms with Crippen molar-refractivity contribution in [2.24, 2.45) is 0 Å². The van der Waals surface area contributed by atoms with E-state index in [-0.39, 0.29) is 5.69 Å². The largest absolute Gasteiger partial charge is 0.398 e. The van der Waals surface area contributed by atoms with Crippen LogP contribution in [0.4, 0.5) is 24.5 Å². The molecular formula is C12H9F3N2OS. The van der Waals surface area contributed by atoms with Crippen LogP contribution in [0, 0.1) is 24.4 Å². The zero-order valence-corrected chi connectivity index (χ0v) is 10.6. The number of hydrogen-bond donors (Lipinski definition) is 2. The molecule has 0 aliphatic heterocycles. The molecule has 19 heavy (non-hydrogen) atoms. The number of rotatable bonds is 2. The third kappa shape index (κ3) is 2.70. The minimum Gasteiger partial charge on any atom is -0.398 e. The van der Waals surface area contributed by atoms with Crippen molar-refractivity contribution >= 4 is 28.6 Å². The molecule has 0 saturated carbocycles. The van der Waals surface area contributed by atoms with E-state index in [1.165, 1.54) is 6.07 Å². The molecule has 1 heterocycles. The molecule has 0 unspecified atom stereocenters. The SMILES string of the molecule is Cc1sc(C(=O)Nc2cc(F)c(F)c(F)c2)cc1N. The summed E-state index contributed by atoms with van der Waals surface area (Å²) in [6.45, 7) is 1.74. The van der Waals surface area contributed by atoms with E-state index in [4.69, 9.17) is 5.73 Å². The molecule has 0 saturated heterocycles. The first-order valence-electron chi connectivity index (χ1n) is 5.20. The van der Waals surface area contributed by atoms with Gasteiger partial charge in [0.05, 0.1) is 4.88 Å². The highest BCUT2D eigenvalue weighted by Crippen LogP contribution is 2.25. The van der Waals surface area contributed by atoms with E-state index in [1.807, 2.05) is 0 Å². The van der Waals surface area contributed by atoms with Gasteiger partial charge < -0.3 is 11.1 Å². The highest BCUT2D eigenvalue weighted by atomic mass is 32.1. The highest BCUT2D eigenvalue weighted by molar-refractivity contribution is 7.14. The van der Waals surface area contributed by atoms with Crippen molar-refractivity contribution in [2.45, 2.75) is 6.92 Å². The third-order valence-electron chi connectivity index (χ3n) is 2.42. The van der Waals surface area contributed by atoms with Crippen molar-refractivity contribution < 1.29 is 18.0 Å². The lowest BCUT2D eigenvalue weighted by Gasteiger charge is -2.04. The number of amides is 1. The summed E-state index contributed by atoms with van der Waals surface area (Å²) in [4.78, 5) is 12.9. The number of carbonyl (C=O) groups is 1. The third-order valence-corrected chi connectivity index (χ3v) is 3.49. The van der Waals surface area contributed by atoms with Gasteiger partial charge in [0.2, 0.25) is 0 Å². The van der Waals surface area contributed by atoms with Gasteiger partial charge in [-0.15, -0.1) is 11.3 Å². The Kier molecular flexibility index (Phi) is 3.48. The van der Waals surface area contributed by atoms with Gasteiger partial charge in [-0.25, -0.2) is 13.2 Å². The van der Waals surface area contributed by atoms with Crippen LogP contribution < -0.4 is 11.1 Å². The van der Waals surface area contributed by atoms with Crippen molar-refractivity contribution in [2.75, 3.05) is 11.1 Å². The number of nitrogens with one attached hydrogen (secondary N) is 1. The molecule has 1 amide bonds. The standard InChI is InChI=1S/C12H9F3N2OS/c1-5-9(16)4-10(19-5)12(18)17-6-2-7(13)11(15)8(14)3-6/h2-4H,16H2,1H3,(H,17,18). The summed E-state index contributed by atoms with van der Waals surface area (Å²) in [6.07, 6.45) is 0. The predicted octanol–water partition coefficient (Wildman–Crippen LogP) is 3.31. The Balaban J connectivity index is 2.24. The van der Waals surface area contributed by atoms with Gasteiger partial charge in [-0.3, -0.25) is 4.79 Å². The zero-order chi connectivity index (χ0) is 14.2. The lowest BCUT2D eigenvalue weighted by Crippen LogP contribution is -2.11. The normalized spacial score (nSPS) is 10.5. The minimum atomic E-state index is -1.57. The van der Waals surface area contributed by atoms with Crippen molar-refractivity contribution in [3.63, 3.8) is 0 Å². The fourth-order valence-electron chi connectivity index (χ4n) is 1.43. The Morgan fingerprint density at radius 3 is 2.26 bits per heavy atom. The van der Waals surface area contributed by atoms with Gasteiger partial charge in [0, 0.05) is 28.4 Å². The second-order valence-corrected chi connectivity index (χ2v) is 5.09. The summed E-state index contributed by atoms with van der Waals surface area (Å²) in [5.74, 6) is -4.86. The molecule has 7 heteroatoms. The van der Waals surface area contributed by atoms with E-state index in [1.54, 1.807) is 6.92 Å². The lowest BCUT2D eigenvalue weighted by molar-refractivity contribution is 0.103. The van der Waals surface area contributed by atoms with E-state index in [0.29, 0.717) is 22.7 Å². The summed E-state index contributed by atoms with van der Waals surface area (Å²) in [7, 11) is 0. The average molecular weight is 286 g/mol. The van der Waals surface area contributed by atoms with Gasteiger partial charge in [0.1, 0.15) is 0 Å². The van der Waals surface area contributed by atoms with Gasteiger partial charge in [0.25, 0.3) is 5.91 Å². The summed E-state index contributed by atoms with van der Waals surface area (Å²) >= 11 is 1.15. The molecule has 0 aliphatic carbocycles. The van der Waals surface area contributed by atoms with E-state index >= 15 is 0 Å². The summed E-state index contributed by atoms with van der Waals surface area (Å²) in [5, 5.41) is 2.28. The van der Waals surface area contributed by atoms with Crippen molar-refractivity contribution in [1.82, 2.24) is 0 Å². The van der Waals surface area contributed by atoms with E-state index in [2.05, 4.69) is 5.32 Å². The van der Waals surface area contributed by atoms with Gasteiger partial charge in [0.15, 0.2) is 17.5 Å². The van der Waals surface area contributed by atoms with Gasteiger partial charge >= 0.3 is 0 Å². The van der Waals surface area contributed by atoms with Crippen molar-refractivity contribution in [1.29, 1.82) is 0 Å². The lowest BCUT2D eigenvalue weighted by atomic mass is 10.2. The van der Waals surface area contributed by atoms with Crippen LogP contribution in [0.2, 0.25) is 0 Å². The van der Waals surface area contributed by atoms with Crippen molar-refractivity contribution in [3.05, 3.63) is 45.4 Å². The molecule has 2 rings (SSSR count). The first-order chi connectivity index (χ1) is 8.88. The molecular weight excluding hydrogens is 277 g/mol. The first-order valence-corrected chi connectivity index (χ1v) is 6.02. The quantitative estimate of drug-likeness (QED) is 0.832. The Labute approximate surface area is 110 Å². The molecule has 3 N–H and O–H groups in total. The monoisotopic (exact) mass is 286 g/mol. The molecule has 0 fully saturated rings. The average Bonchev–Trinajstić information content (AvgIpc) is 2.66. The Morgan fingerprint density at radius 2 is 1.79 bits per heavy atom. The molecule has 2 aromatic rings. The number of thiophene rings is 1.